The second kappa shape index (κ2) is 6.27. The summed E-state index contributed by atoms with van der Waals surface area (Å²) in [5.41, 5.74) is 1.15. The first kappa shape index (κ1) is 14.1. The highest BCUT2D eigenvalue weighted by atomic mass is 16.5. The van der Waals surface area contributed by atoms with Gasteiger partial charge in [0.1, 0.15) is 6.10 Å². The number of carbonyl (C=O) groups is 1. The molecule has 2 aromatic carbocycles. The molecular formula is C18H21NO2. The normalized spacial score (nSPS) is 20.1. The molecule has 0 aromatic heterocycles. The van der Waals surface area contributed by atoms with E-state index in [1.54, 1.807) is 0 Å². The first-order valence-electron chi connectivity index (χ1n) is 7.65. The number of benzene rings is 2. The molecule has 1 heterocycles. The maximum atomic E-state index is 12.3. The molecule has 0 aliphatic carbocycles. The van der Waals surface area contributed by atoms with Crippen molar-refractivity contribution in [2.45, 2.75) is 38.3 Å². The molecule has 3 rings (SSSR count). The molecule has 1 N–H and O–H groups in total. The van der Waals surface area contributed by atoms with Crippen molar-refractivity contribution in [3.05, 3.63) is 48.0 Å². The van der Waals surface area contributed by atoms with Gasteiger partial charge in [-0.25, -0.2) is 0 Å². The minimum absolute atomic E-state index is 0.00938. The van der Waals surface area contributed by atoms with Crippen LogP contribution in [0.4, 0.5) is 0 Å². The SMILES string of the molecule is C[C@H](NC(=O)C1CCCCO1)c1cccc2ccccc12. The number of ether oxygens (including phenoxy) is 1. The number of hydrogen-bond acceptors (Lipinski definition) is 2. The molecule has 0 spiro atoms. The van der Waals surface area contributed by atoms with Gasteiger partial charge >= 0.3 is 0 Å². The Labute approximate surface area is 125 Å². The molecule has 0 saturated carbocycles. The lowest BCUT2D eigenvalue weighted by atomic mass is 9.99. The molecular weight excluding hydrogens is 262 g/mol. The molecule has 1 fully saturated rings. The van der Waals surface area contributed by atoms with Gasteiger partial charge in [0.15, 0.2) is 0 Å². The summed E-state index contributed by atoms with van der Waals surface area (Å²) in [5, 5.41) is 5.49. The maximum Gasteiger partial charge on any atom is 0.249 e. The Bertz CT molecular complexity index is 627. The van der Waals surface area contributed by atoms with Crippen LogP contribution in [-0.2, 0) is 9.53 Å². The Balaban J connectivity index is 1.77. The summed E-state index contributed by atoms with van der Waals surface area (Å²) in [5.74, 6) is 0.00938. The molecule has 21 heavy (non-hydrogen) atoms. The number of nitrogens with one attached hydrogen (secondary N) is 1. The van der Waals surface area contributed by atoms with Crippen LogP contribution in [0.2, 0.25) is 0 Å². The number of amides is 1. The third-order valence-electron chi connectivity index (χ3n) is 4.12. The largest absolute Gasteiger partial charge is 0.368 e. The Morgan fingerprint density at radius 3 is 2.81 bits per heavy atom. The van der Waals surface area contributed by atoms with Crippen molar-refractivity contribution < 1.29 is 9.53 Å². The maximum absolute atomic E-state index is 12.3. The Kier molecular flexibility index (Phi) is 4.20. The monoisotopic (exact) mass is 283 g/mol. The van der Waals surface area contributed by atoms with Gasteiger partial charge in [-0.2, -0.15) is 0 Å². The summed E-state index contributed by atoms with van der Waals surface area (Å²) in [7, 11) is 0. The molecule has 1 saturated heterocycles. The van der Waals surface area contributed by atoms with Crippen molar-refractivity contribution in [2.75, 3.05) is 6.61 Å². The molecule has 3 nitrogen and oxygen atoms in total. The van der Waals surface area contributed by atoms with Crippen LogP contribution in [0.1, 0.15) is 37.8 Å². The summed E-state index contributed by atoms with van der Waals surface area (Å²) in [6.07, 6.45) is 2.67. The van der Waals surface area contributed by atoms with E-state index in [-0.39, 0.29) is 18.1 Å². The van der Waals surface area contributed by atoms with Crippen LogP contribution in [-0.4, -0.2) is 18.6 Å². The topological polar surface area (TPSA) is 38.3 Å². The van der Waals surface area contributed by atoms with E-state index in [9.17, 15) is 4.79 Å². The van der Waals surface area contributed by atoms with E-state index in [2.05, 4.69) is 29.6 Å². The van der Waals surface area contributed by atoms with Crippen LogP contribution >= 0.6 is 0 Å². The van der Waals surface area contributed by atoms with Crippen molar-refractivity contribution in [1.82, 2.24) is 5.32 Å². The van der Waals surface area contributed by atoms with Gasteiger partial charge in [0, 0.05) is 6.61 Å². The van der Waals surface area contributed by atoms with Crippen molar-refractivity contribution in [3.63, 3.8) is 0 Å². The highest BCUT2D eigenvalue weighted by Gasteiger charge is 2.23. The second-order valence-corrected chi connectivity index (χ2v) is 5.65. The van der Waals surface area contributed by atoms with E-state index < -0.39 is 0 Å². The van der Waals surface area contributed by atoms with Gasteiger partial charge in [0.2, 0.25) is 5.91 Å². The molecule has 1 aliphatic rings. The average molecular weight is 283 g/mol. The molecule has 1 aliphatic heterocycles. The predicted octanol–water partition coefficient (Wildman–Crippen LogP) is 3.59. The van der Waals surface area contributed by atoms with Crippen LogP contribution in [0.25, 0.3) is 10.8 Å². The van der Waals surface area contributed by atoms with Gasteiger partial charge < -0.3 is 10.1 Å². The smallest absolute Gasteiger partial charge is 0.249 e. The molecule has 110 valence electrons. The standard InChI is InChI=1S/C18H21NO2/c1-13(19-18(20)17-11-4-5-12-21-17)15-10-6-8-14-7-2-3-9-16(14)15/h2-3,6-10,13,17H,4-5,11-12H2,1H3,(H,19,20)/t13-,17?/m0/s1. The molecule has 2 atom stereocenters. The number of rotatable bonds is 3. The Morgan fingerprint density at radius 2 is 2.00 bits per heavy atom. The van der Waals surface area contributed by atoms with Gasteiger partial charge in [-0.3, -0.25) is 4.79 Å². The highest BCUT2D eigenvalue weighted by Crippen LogP contribution is 2.24. The summed E-state index contributed by atoms with van der Waals surface area (Å²) in [4.78, 5) is 12.3. The fraction of sp³-hybridized carbons (Fsp3) is 0.389. The average Bonchev–Trinajstić information content (AvgIpc) is 2.55. The summed E-state index contributed by atoms with van der Waals surface area (Å²) in [6, 6.07) is 14.5. The lowest BCUT2D eigenvalue weighted by Crippen LogP contribution is -2.39. The lowest BCUT2D eigenvalue weighted by Gasteiger charge is -2.24. The van der Waals surface area contributed by atoms with Gasteiger partial charge in [0.25, 0.3) is 0 Å². The molecule has 1 amide bonds. The van der Waals surface area contributed by atoms with E-state index in [1.807, 2.05) is 25.1 Å². The van der Waals surface area contributed by atoms with Gasteiger partial charge in [-0.05, 0) is 42.5 Å². The molecule has 3 heteroatoms. The predicted molar refractivity (Wildman–Crippen MR) is 84.1 cm³/mol. The first-order chi connectivity index (χ1) is 10.3. The molecule has 1 unspecified atom stereocenters. The summed E-state index contributed by atoms with van der Waals surface area (Å²) < 4.78 is 5.55. The van der Waals surface area contributed by atoms with Crippen LogP contribution in [0, 0.1) is 0 Å². The number of fused-ring (bicyclic) bond motifs is 1. The van der Waals surface area contributed by atoms with Crippen molar-refractivity contribution in [3.8, 4) is 0 Å². The van der Waals surface area contributed by atoms with Crippen molar-refractivity contribution in [2.24, 2.45) is 0 Å². The Morgan fingerprint density at radius 1 is 1.19 bits per heavy atom. The zero-order valence-corrected chi connectivity index (χ0v) is 12.3. The van der Waals surface area contributed by atoms with Crippen LogP contribution in [0.5, 0.6) is 0 Å². The van der Waals surface area contributed by atoms with E-state index in [4.69, 9.17) is 4.74 Å². The minimum Gasteiger partial charge on any atom is -0.368 e. The van der Waals surface area contributed by atoms with Gasteiger partial charge in [-0.15, -0.1) is 0 Å². The zero-order chi connectivity index (χ0) is 14.7. The fourth-order valence-electron chi connectivity index (χ4n) is 2.96. The molecule has 0 bridgehead atoms. The number of hydrogen-bond donors (Lipinski definition) is 1. The lowest BCUT2D eigenvalue weighted by molar-refractivity contribution is -0.136. The fourth-order valence-corrected chi connectivity index (χ4v) is 2.96. The summed E-state index contributed by atoms with van der Waals surface area (Å²) >= 11 is 0. The molecule has 0 radical (unpaired) electrons. The quantitative estimate of drug-likeness (QED) is 0.935. The van der Waals surface area contributed by atoms with Crippen LogP contribution in [0.3, 0.4) is 0 Å². The van der Waals surface area contributed by atoms with E-state index in [0.717, 1.165) is 24.8 Å². The Hall–Kier alpha value is -1.87. The second-order valence-electron chi connectivity index (χ2n) is 5.65. The zero-order valence-electron chi connectivity index (χ0n) is 12.3. The van der Waals surface area contributed by atoms with Crippen molar-refractivity contribution >= 4 is 16.7 Å². The van der Waals surface area contributed by atoms with E-state index >= 15 is 0 Å². The molecule has 2 aromatic rings. The third kappa shape index (κ3) is 3.08. The van der Waals surface area contributed by atoms with Gasteiger partial charge in [-0.1, -0.05) is 42.5 Å². The van der Waals surface area contributed by atoms with Crippen LogP contribution < -0.4 is 5.32 Å². The summed E-state index contributed by atoms with van der Waals surface area (Å²) in [6.45, 7) is 2.73. The van der Waals surface area contributed by atoms with E-state index in [0.29, 0.717) is 6.61 Å². The van der Waals surface area contributed by atoms with Crippen molar-refractivity contribution in [1.29, 1.82) is 0 Å². The first-order valence-corrected chi connectivity index (χ1v) is 7.65. The van der Waals surface area contributed by atoms with E-state index in [1.165, 1.54) is 10.8 Å². The highest BCUT2D eigenvalue weighted by molar-refractivity contribution is 5.87. The van der Waals surface area contributed by atoms with Crippen LogP contribution in [0.15, 0.2) is 42.5 Å². The van der Waals surface area contributed by atoms with Gasteiger partial charge in [0.05, 0.1) is 6.04 Å². The minimum atomic E-state index is -0.281. The third-order valence-corrected chi connectivity index (χ3v) is 4.12. The number of carbonyl (C=O) groups excluding carboxylic acids is 1.